The van der Waals surface area contributed by atoms with Crippen molar-refractivity contribution in [1.82, 2.24) is 9.97 Å². The first-order valence-corrected chi connectivity index (χ1v) is 6.27. The Kier molecular flexibility index (Phi) is 3.22. The van der Waals surface area contributed by atoms with Gasteiger partial charge in [-0.1, -0.05) is 6.92 Å². The highest BCUT2D eigenvalue weighted by Gasteiger charge is 2.33. The summed E-state index contributed by atoms with van der Waals surface area (Å²) in [5.74, 6) is 4.53. The SMILES string of the molecule is CNc1nc(C)nc(N(C)CC2CC2C)c1C. The van der Waals surface area contributed by atoms with E-state index in [1.807, 2.05) is 14.0 Å². The van der Waals surface area contributed by atoms with E-state index in [-0.39, 0.29) is 0 Å². The van der Waals surface area contributed by atoms with Gasteiger partial charge in [0.1, 0.15) is 17.5 Å². The van der Waals surface area contributed by atoms with Gasteiger partial charge in [-0.25, -0.2) is 9.97 Å². The average Bonchev–Trinajstić information content (AvgIpc) is 2.96. The maximum absolute atomic E-state index is 4.56. The van der Waals surface area contributed by atoms with Crippen molar-refractivity contribution in [1.29, 1.82) is 0 Å². The minimum atomic E-state index is 0.825. The van der Waals surface area contributed by atoms with Crippen LogP contribution in [-0.4, -0.2) is 30.6 Å². The molecule has 1 aromatic rings. The molecule has 1 aliphatic rings. The van der Waals surface area contributed by atoms with Crippen LogP contribution in [0.3, 0.4) is 0 Å². The van der Waals surface area contributed by atoms with Gasteiger partial charge in [0, 0.05) is 26.2 Å². The molecular formula is C13H22N4. The van der Waals surface area contributed by atoms with Crippen molar-refractivity contribution in [3.63, 3.8) is 0 Å². The van der Waals surface area contributed by atoms with E-state index in [2.05, 4.69) is 41.1 Å². The quantitative estimate of drug-likeness (QED) is 0.867. The van der Waals surface area contributed by atoms with Gasteiger partial charge in [-0.05, 0) is 32.1 Å². The molecule has 2 unspecified atom stereocenters. The van der Waals surface area contributed by atoms with Crippen LogP contribution in [-0.2, 0) is 0 Å². The van der Waals surface area contributed by atoms with E-state index in [1.54, 1.807) is 0 Å². The Bertz CT molecular complexity index is 416. The van der Waals surface area contributed by atoms with Crippen molar-refractivity contribution in [2.75, 3.05) is 30.9 Å². The number of aromatic nitrogens is 2. The molecule has 0 aromatic carbocycles. The van der Waals surface area contributed by atoms with Crippen LogP contribution >= 0.6 is 0 Å². The van der Waals surface area contributed by atoms with Crippen LogP contribution in [0.15, 0.2) is 0 Å². The normalized spacial score (nSPS) is 22.4. The molecule has 1 fully saturated rings. The summed E-state index contributed by atoms with van der Waals surface area (Å²) in [6, 6.07) is 0. The van der Waals surface area contributed by atoms with E-state index in [4.69, 9.17) is 0 Å². The van der Waals surface area contributed by atoms with E-state index in [0.717, 1.165) is 41.4 Å². The number of nitrogens with one attached hydrogen (secondary N) is 1. The van der Waals surface area contributed by atoms with Gasteiger partial charge in [0.05, 0.1) is 0 Å². The van der Waals surface area contributed by atoms with Crippen LogP contribution in [0.1, 0.15) is 24.7 Å². The number of anilines is 2. The Labute approximate surface area is 103 Å². The van der Waals surface area contributed by atoms with Crippen molar-refractivity contribution in [2.45, 2.75) is 27.2 Å². The molecule has 1 saturated carbocycles. The molecule has 0 aliphatic heterocycles. The fraction of sp³-hybridized carbons (Fsp3) is 0.692. The first kappa shape index (κ1) is 12.1. The number of rotatable bonds is 4. The number of nitrogens with zero attached hydrogens (tertiary/aromatic N) is 3. The fourth-order valence-electron chi connectivity index (χ4n) is 2.32. The Morgan fingerprint density at radius 2 is 2.00 bits per heavy atom. The minimum absolute atomic E-state index is 0.825. The molecule has 0 radical (unpaired) electrons. The largest absolute Gasteiger partial charge is 0.373 e. The van der Waals surface area contributed by atoms with Crippen molar-refractivity contribution in [3.8, 4) is 0 Å². The van der Waals surface area contributed by atoms with E-state index < -0.39 is 0 Å². The van der Waals surface area contributed by atoms with Crippen LogP contribution in [0.5, 0.6) is 0 Å². The van der Waals surface area contributed by atoms with Crippen LogP contribution in [0.25, 0.3) is 0 Å². The molecule has 0 saturated heterocycles. The van der Waals surface area contributed by atoms with Gasteiger partial charge in [0.25, 0.3) is 0 Å². The molecular weight excluding hydrogens is 212 g/mol. The Balaban J connectivity index is 2.21. The molecule has 4 nitrogen and oxygen atoms in total. The molecule has 4 heteroatoms. The molecule has 1 N–H and O–H groups in total. The van der Waals surface area contributed by atoms with Gasteiger partial charge in [0.15, 0.2) is 0 Å². The topological polar surface area (TPSA) is 41.1 Å². The second kappa shape index (κ2) is 4.51. The van der Waals surface area contributed by atoms with Crippen molar-refractivity contribution in [3.05, 3.63) is 11.4 Å². The summed E-state index contributed by atoms with van der Waals surface area (Å²) in [6.45, 7) is 7.43. The summed E-state index contributed by atoms with van der Waals surface area (Å²) < 4.78 is 0. The number of aryl methyl sites for hydroxylation is 1. The van der Waals surface area contributed by atoms with Gasteiger partial charge in [-0.3, -0.25) is 0 Å². The molecule has 0 amide bonds. The lowest BCUT2D eigenvalue weighted by Crippen LogP contribution is -2.23. The summed E-state index contributed by atoms with van der Waals surface area (Å²) in [6.07, 6.45) is 1.35. The zero-order chi connectivity index (χ0) is 12.6. The zero-order valence-electron chi connectivity index (χ0n) is 11.4. The molecule has 1 aliphatic carbocycles. The highest BCUT2D eigenvalue weighted by Crippen LogP contribution is 2.39. The Morgan fingerprint density at radius 1 is 1.35 bits per heavy atom. The summed E-state index contributed by atoms with van der Waals surface area (Å²) in [7, 11) is 4.03. The van der Waals surface area contributed by atoms with Crippen molar-refractivity contribution in [2.24, 2.45) is 11.8 Å². The summed E-state index contributed by atoms with van der Waals surface area (Å²) in [5, 5.41) is 3.13. The smallest absolute Gasteiger partial charge is 0.137 e. The molecule has 0 bridgehead atoms. The molecule has 2 atom stereocenters. The third kappa shape index (κ3) is 2.51. The summed E-state index contributed by atoms with van der Waals surface area (Å²) >= 11 is 0. The highest BCUT2D eigenvalue weighted by atomic mass is 15.2. The lowest BCUT2D eigenvalue weighted by Gasteiger charge is -2.21. The van der Waals surface area contributed by atoms with Gasteiger partial charge in [0.2, 0.25) is 0 Å². The molecule has 1 heterocycles. The highest BCUT2D eigenvalue weighted by molar-refractivity contribution is 5.58. The third-order valence-corrected chi connectivity index (χ3v) is 3.61. The number of hydrogen-bond donors (Lipinski definition) is 1. The zero-order valence-corrected chi connectivity index (χ0v) is 11.4. The lowest BCUT2D eigenvalue weighted by molar-refractivity contribution is 0.715. The maximum atomic E-state index is 4.56. The first-order chi connectivity index (χ1) is 8.02. The summed E-state index contributed by atoms with van der Waals surface area (Å²) in [4.78, 5) is 11.2. The van der Waals surface area contributed by atoms with E-state index in [1.165, 1.54) is 6.42 Å². The standard InChI is InChI=1S/C13H22N4/c1-8-6-11(8)7-17(5)13-9(2)12(14-4)15-10(3)16-13/h8,11H,6-7H2,1-5H3,(H,14,15,16). The van der Waals surface area contributed by atoms with Crippen molar-refractivity contribution < 1.29 is 0 Å². The lowest BCUT2D eigenvalue weighted by atomic mass is 10.2. The molecule has 94 valence electrons. The van der Waals surface area contributed by atoms with Crippen molar-refractivity contribution >= 4 is 11.6 Å². The van der Waals surface area contributed by atoms with E-state index >= 15 is 0 Å². The number of hydrogen-bond acceptors (Lipinski definition) is 4. The van der Waals surface area contributed by atoms with Gasteiger partial charge < -0.3 is 10.2 Å². The molecule has 17 heavy (non-hydrogen) atoms. The van der Waals surface area contributed by atoms with Gasteiger partial charge in [-0.15, -0.1) is 0 Å². The fourth-order valence-corrected chi connectivity index (χ4v) is 2.32. The Hall–Kier alpha value is -1.32. The predicted molar refractivity (Wildman–Crippen MR) is 71.6 cm³/mol. The first-order valence-electron chi connectivity index (χ1n) is 6.27. The third-order valence-electron chi connectivity index (χ3n) is 3.61. The van der Waals surface area contributed by atoms with Crippen LogP contribution in [0, 0.1) is 25.7 Å². The molecule has 0 spiro atoms. The average molecular weight is 234 g/mol. The summed E-state index contributed by atoms with van der Waals surface area (Å²) in [5.41, 5.74) is 1.13. The van der Waals surface area contributed by atoms with Gasteiger partial charge in [-0.2, -0.15) is 0 Å². The van der Waals surface area contributed by atoms with Crippen LogP contribution < -0.4 is 10.2 Å². The monoisotopic (exact) mass is 234 g/mol. The van der Waals surface area contributed by atoms with Gasteiger partial charge >= 0.3 is 0 Å². The van der Waals surface area contributed by atoms with E-state index in [9.17, 15) is 0 Å². The predicted octanol–water partition coefficient (Wildman–Crippen LogP) is 2.23. The minimum Gasteiger partial charge on any atom is -0.373 e. The van der Waals surface area contributed by atoms with Crippen LogP contribution in [0.2, 0.25) is 0 Å². The van der Waals surface area contributed by atoms with E-state index in [0.29, 0.717) is 0 Å². The Morgan fingerprint density at radius 3 is 2.53 bits per heavy atom. The molecule has 2 rings (SSSR count). The van der Waals surface area contributed by atoms with Crippen LogP contribution in [0.4, 0.5) is 11.6 Å². The second-order valence-electron chi connectivity index (χ2n) is 5.17. The maximum Gasteiger partial charge on any atom is 0.137 e. The second-order valence-corrected chi connectivity index (χ2v) is 5.17. The molecule has 1 aromatic heterocycles.